The zero-order valence-corrected chi connectivity index (χ0v) is 10.1. The average Bonchev–Trinajstić information content (AvgIpc) is 2.73. The van der Waals surface area contributed by atoms with Gasteiger partial charge in [-0.2, -0.15) is 0 Å². The number of amides is 1. The van der Waals surface area contributed by atoms with Crippen molar-refractivity contribution >= 4 is 11.7 Å². The van der Waals surface area contributed by atoms with Gasteiger partial charge in [0.05, 0.1) is 12.0 Å². The molecule has 2 aromatic rings. The third-order valence-electron chi connectivity index (χ3n) is 4.00. The molecule has 2 atom stereocenters. The fraction of sp³-hybridized carbons (Fsp3) is 0.125. The van der Waals surface area contributed by atoms with E-state index in [0.717, 1.165) is 16.7 Å². The fourth-order valence-electron chi connectivity index (χ4n) is 3.17. The van der Waals surface area contributed by atoms with Gasteiger partial charge in [0.1, 0.15) is 0 Å². The van der Waals surface area contributed by atoms with Gasteiger partial charge in [0.25, 0.3) is 5.91 Å². The summed E-state index contributed by atoms with van der Waals surface area (Å²) in [6.45, 7) is 0. The first-order chi connectivity index (χ1) is 9.27. The van der Waals surface area contributed by atoms with Crippen molar-refractivity contribution in [1.29, 1.82) is 0 Å². The van der Waals surface area contributed by atoms with Gasteiger partial charge < -0.3 is 5.32 Å². The Hall–Kier alpha value is -2.42. The van der Waals surface area contributed by atoms with Gasteiger partial charge in [-0.25, -0.2) is 0 Å². The molecule has 0 saturated heterocycles. The maximum atomic E-state index is 12.5. The number of carbonyl (C=O) groups is 2. The van der Waals surface area contributed by atoms with Crippen LogP contribution in [0.3, 0.4) is 0 Å². The molecule has 3 heteroatoms. The van der Waals surface area contributed by atoms with Crippen LogP contribution in [0.2, 0.25) is 0 Å². The van der Waals surface area contributed by atoms with Crippen molar-refractivity contribution in [1.82, 2.24) is 5.32 Å². The number of fused-ring (bicyclic) bond motifs is 5. The van der Waals surface area contributed by atoms with E-state index >= 15 is 0 Å². The Morgan fingerprint density at radius 1 is 0.789 bits per heavy atom. The molecule has 0 fully saturated rings. The van der Waals surface area contributed by atoms with Crippen LogP contribution in [0, 0.1) is 0 Å². The molecule has 0 spiro atoms. The zero-order valence-electron chi connectivity index (χ0n) is 10.1. The summed E-state index contributed by atoms with van der Waals surface area (Å²) in [5.41, 5.74) is 3.12. The molecule has 2 unspecified atom stereocenters. The molecule has 2 aliphatic rings. The highest BCUT2D eigenvalue weighted by molar-refractivity contribution is 6.10. The molecule has 1 aliphatic heterocycles. The highest BCUT2D eigenvalue weighted by Gasteiger charge is 2.45. The van der Waals surface area contributed by atoms with E-state index in [1.54, 1.807) is 6.07 Å². The molecule has 92 valence electrons. The molecule has 4 rings (SSSR count). The predicted octanol–water partition coefficient (Wildman–Crippen LogP) is 2.45. The summed E-state index contributed by atoms with van der Waals surface area (Å²) in [4.78, 5) is 24.7. The molecule has 3 nitrogen and oxygen atoms in total. The van der Waals surface area contributed by atoms with Crippen LogP contribution >= 0.6 is 0 Å². The summed E-state index contributed by atoms with van der Waals surface area (Å²) in [6, 6.07) is 14.7. The summed E-state index contributed by atoms with van der Waals surface area (Å²) in [5, 5.41) is 2.96. The van der Waals surface area contributed by atoms with E-state index in [1.807, 2.05) is 42.5 Å². The summed E-state index contributed by atoms with van der Waals surface area (Å²) in [6.07, 6.45) is 0. The molecule has 1 amide bonds. The first-order valence-corrected chi connectivity index (χ1v) is 6.30. The topological polar surface area (TPSA) is 46.2 Å². The van der Waals surface area contributed by atoms with E-state index < -0.39 is 0 Å². The van der Waals surface area contributed by atoms with Gasteiger partial charge in [-0.3, -0.25) is 9.59 Å². The van der Waals surface area contributed by atoms with Crippen LogP contribution < -0.4 is 5.32 Å². The molecule has 2 aromatic carbocycles. The second-order valence-electron chi connectivity index (χ2n) is 4.97. The Kier molecular flexibility index (Phi) is 1.96. The van der Waals surface area contributed by atoms with Crippen molar-refractivity contribution in [2.75, 3.05) is 0 Å². The van der Waals surface area contributed by atoms with E-state index in [0.29, 0.717) is 5.56 Å². The van der Waals surface area contributed by atoms with Crippen LogP contribution in [-0.2, 0) is 0 Å². The molecule has 0 bridgehead atoms. The maximum Gasteiger partial charge on any atom is 0.252 e. The van der Waals surface area contributed by atoms with Gasteiger partial charge in [0.2, 0.25) is 0 Å². The molecular formula is C16H11NO2. The van der Waals surface area contributed by atoms with E-state index in [-0.39, 0.29) is 23.7 Å². The summed E-state index contributed by atoms with van der Waals surface area (Å²) >= 11 is 0. The highest BCUT2D eigenvalue weighted by atomic mass is 16.2. The molecule has 0 radical (unpaired) electrons. The van der Waals surface area contributed by atoms with Crippen LogP contribution in [0.15, 0.2) is 48.5 Å². The number of hydrogen-bond donors (Lipinski definition) is 1. The average molecular weight is 249 g/mol. The number of nitrogens with one attached hydrogen (secondary N) is 1. The van der Waals surface area contributed by atoms with Gasteiger partial charge in [-0.05, 0) is 17.2 Å². The Labute approximate surface area is 110 Å². The molecule has 0 aromatic heterocycles. The molecule has 1 heterocycles. The van der Waals surface area contributed by atoms with Crippen LogP contribution in [-0.4, -0.2) is 11.7 Å². The first-order valence-electron chi connectivity index (χ1n) is 6.30. The number of rotatable bonds is 0. The van der Waals surface area contributed by atoms with Crippen molar-refractivity contribution in [3.63, 3.8) is 0 Å². The third-order valence-corrected chi connectivity index (χ3v) is 4.00. The standard InChI is InChI=1S/C16H11NO2/c18-15-11-7-3-2-6-10(11)14-13(15)9-5-1-4-8-12(9)16(19)17-14/h1-8,13-14H,(H,17,19). The quantitative estimate of drug-likeness (QED) is 0.779. The highest BCUT2D eigenvalue weighted by Crippen LogP contribution is 2.45. The molecule has 1 aliphatic carbocycles. The van der Waals surface area contributed by atoms with E-state index in [1.165, 1.54) is 0 Å². The largest absolute Gasteiger partial charge is 0.344 e. The number of hydrogen-bond acceptors (Lipinski definition) is 2. The summed E-state index contributed by atoms with van der Waals surface area (Å²) < 4.78 is 0. The summed E-state index contributed by atoms with van der Waals surface area (Å²) in [7, 11) is 0. The Bertz CT molecular complexity index is 720. The van der Waals surface area contributed by atoms with Crippen molar-refractivity contribution in [3.05, 3.63) is 70.8 Å². The smallest absolute Gasteiger partial charge is 0.252 e. The van der Waals surface area contributed by atoms with Gasteiger partial charge in [-0.1, -0.05) is 42.5 Å². The number of benzene rings is 2. The third kappa shape index (κ3) is 1.27. The zero-order chi connectivity index (χ0) is 13.0. The van der Waals surface area contributed by atoms with Gasteiger partial charge in [-0.15, -0.1) is 0 Å². The van der Waals surface area contributed by atoms with Crippen LogP contribution in [0.5, 0.6) is 0 Å². The Morgan fingerprint density at radius 2 is 1.42 bits per heavy atom. The second-order valence-corrected chi connectivity index (χ2v) is 4.97. The minimum atomic E-state index is -0.272. The predicted molar refractivity (Wildman–Crippen MR) is 70.2 cm³/mol. The second kappa shape index (κ2) is 3.54. The van der Waals surface area contributed by atoms with Gasteiger partial charge in [0, 0.05) is 11.1 Å². The van der Waals surface area contributed by atoms with Gasteiger partial charge in [0.15, 0.2) is 5.78 Å². The molecule has 0 saturated carbocycles. The lowest BCUT2D eigenvalue weighted by atomic mass is 9.84. The van der Waals surface area contributed by atoms with E-state index in [4.69, 9.17) is 0 Å². The molecule has 19 heavy (non-hydrogen) atoms. The lowest BCUT2D eigenvalue weighted by Crippen LogP contribution is -2.37. The van der Waals surface area contributed by atoms with Crippen molar-refractivity contribution in [3.8, 4) is 0 Å². The first kappa shape index (κ1) is 10.5. The minimum absolute atomic E-state index is 0.0960. The van der Waals surface area contributed by atoms with E-state index in [9.17, 15) is 9.59 Å². The SMILES string of the molecule is O=C1NC2c3ccccc3C(=O)C2c2ccccc21. The Balaban J connectivity index is 1.97. The molecular weight excluding hydrogens is 238 g/mol. The van der Waals surface area contributed by atoms with Crippen LogP contribution in [0.25, 0.3) is 0 Å². The normalized spacial score (nSPS) is 23.4. The lowest BCUT2D eigenvalue weighted by molar-refractivity contribution is 0.0886. The lowest BCUT2D eigenvalue weighted by Gasteiger charge is -2.28. The van der Waals surface area contributed by atoms with Crippen molar-refractivity contribution in [2.45, 2.75) is 12.0 Å². The van der Waals surface area contributed by atoms with Crippen LogP contribution in [0.4, 0.5) is 0 Å². The monoisotopic (exact) mass is 249 g/mol. The number of ketones is 1. The number of Topliss-reactive ketones (excluding diaryl/α,β-unsaturated/α-hetero) is 1. The fourth-order valence-corrected chi connectivity index (χ4v) is 3.17. The Morgan fingerprint density at radius 3 is 2.21 bits per heavy atom. The maximum absolute atomic E-state index is 12.5. The van der Waals surface area contributed by atoms with Gasteiger partial charge >= 0.3 is 0 Å². The van der Waals surface area contributed by atoms with Crippen molar-refractivity contribution < 1.29 is 9.59 Å². The minimum Gasteiger partial charge on any atom is -0.344 e. The number of carbonyl (C=O) groups excluding carboxylic acids is 2. The molecule has 1 N–H and O–H groups in total. The van der Waals surface area contributed by atoms with Crippen LogP contribution in [0.1, 0.15) is 43.8 Å². The van der Waals surface area contributed by atoms with Crippen molar-refractivity contribution in [2.24, 2.45) is 0 Å². The summed E-state index contributed by atoms with van der Waals surface area (Å²) in [5.74, 6) is -0.263. The van der Waals surface area contributed by atoms with E-state index in [2.05, 4.69) is 5.32 Å².